The fourth-order valence-corrected chi connectivity index (χ4v) is 4.64. The smallest absolute Gasteiger partial charge is 0.339 e. The molecule has 1 aliphatic carbocycles. The topological polar surface area (TPSA) is 117 Å². The monoisotopic (exact) mass is 532 g/mol. The molecule has 3 aromatic carbocycles. The number of carbonyl (C=O) groups excluding carboxylic acids is 1. The number of ether oxygens (including phenoxy) is 1. The second-order valence-electron chi connectivity index (χ2n) is 9.76. The van der Waals surface area contributed by atoms with Gasteiger partial charge < -0.3 is 15.8 Å². The molecule has 1 amide bonds. The van der Waals surface area contributed by atoms with Crippen molar-refractivity contribution in [3.63, 3.8) is 0 Å². The minimum atomic E-state index is -0.373. The molecule has 0 aliphatic heterocycles. The molecule has 0 atom stereocenters. The Balaban J connectivity index is 1.31. The number of aromatic nitrogens is 4. The van der Waals surface area contributed by atoms with Crippen LogP contribution in [-0.2, 0) is 4.79 Å². The normalized spacial score (nSPS) is 13.1. The van der Waals surface area contributed by atoms with Gasteiger partial charge in [-0.2, -0.15) is 0 Å². The average molecular weight is 533 g/mol. The van der Waals surface area contributed by atoms with Crippen LogP contribution in [0.15, 0.2) is 102 Å². The van der Waals surface area contributed by atoms with Crippen molar-refractivity contribution in [1.82, 2.24) is 19.1 Å². The van der Waals surface area contributed by atoms with Gasteiger partial charge in [0.15, 0.2) is 11.5 Å². The molecule has 5 aromatic rings. The van der Waals surface area contributed by atoms with Crippen molar-refractivity contribution in [2.45, 2.75) is 25.7 Å². The molecule has 0 unspecified atom stereocenters. The number of hydrogen-bond donors (Lipinski definition) is 2. The SMILES string of the molecule is Nc1ncnc2c1n(-c1ccc(Oc3ccccc3)cc1)c(=O)n2-c1cccc(NC(=O)/C=C/CCC2CC2)c1. The van der Waals surface area contributed by atoms with E-state index in [1.54, 1.807) is 54.6 Å². The van der Waals surface area contributed by atoms with Crippen LogP contribution in [0, 0.1) is 5.92 Å². The Morgan fingerprint density at radius 1 is 0.950 bits per heavy atom. The van der Waals surface area contributed by atoms with Gasteiger partial charge in [-0.05, 0) is 79.4 Å². The van der Waals surface area contributed by atoms with Gasteiger partial charge in [0, 0.05) is 5.69 Å². The van der Waals surface area contributed by atoms with Crippen LogP contribution in [0.25, 0.3) is 22.5 Å². The summed E-state index contributed by atoms with van der Waals surface area (Å²) < 4.78 is 8.83. The summed E-state index contributed by atoms with van der Waals surface area (Å²) in [5, 5.41) is 2.88. The highest BCUT2D eigenvalue weighted by atomic mass is 16.5. The van der Waals surface area contributed by atoms with Gasteiger partial charge in [0.05, 0.1) is 11.4 Å². The van der Waals surface area contributed by atoms with E-state index >= 15 is 0 Å². The summed E-state index contributed by atoms with van der Waals surface area (Å²) in [7, 11) is 0. The quantitative estimate of drug-likeness (QED) is 0.238. The van der Waals surface area contributed by atoms with Gasteiger partial charge in [0.1, 0.15) is 23.3 Å². The predicted molar refractivity (Wildman–Crippen MR) is 155 cm³/mol. The summed E-state index contributed by atoms with van der Waals surface area (Å²) in [6, 6.07) is 23.6. The molecule has 9 nitrogen and oxygen atoms in total. The number of nitrogen functional groups attached to an aromatic ring is 1. The number of benzene rings is 3. The first kappa shape index (κ1) is 25.1. The van der Waals surface area contributed by atoms with Crippen LogP contribution in [0.4, 0.5) is 11.5 Å². The lowest BCUT2D eigenvalue weighted by molar-refractivity contribution is -0.111. The van der Waals surface area contributed by atoms with Crippen LogP contribution < -0.4 is 21.5 Å². The molecular formula is C31H28N6O3. The summed E-state index contributed by atoms with van der Waals surface area (Å²) in [5.74, 6) is 2.12. The number of para-hydroxylation sites is 1. The van der Waals surface area contributed by atoms with Gasteiger partial charge in [0.25, 0.3) is 0 Å². The van der Waals surface area contributed by atoms with Crippen molar-refractivity contribution < 1.29 is 9.53 Å². The molecule has 3 N–H and O–H groups in total. The van der Waals surface area contributed by atoms with Crippen molar-refractivity contribution in [1.29, 1.82) is 0 Å². The summed E-state index contributed by atoms with van der Waals surface area (Å²) in [4.78, 5) is 34.8. The third-order valence-electron chi connectivity index (χ3n) is 6.80. The summed E-state index contributed by atoms with van der Waals surface area (Å²) in [6.07, 6.45) is 9.42. The van der Waals surface area contributed by atoms with Crippen molar-refractivity contribution in [2.24, 2.45) is 5.92 Å². The molecule has 1 saturated carbocycles. The zero-order valence-corrected chi connectivity index (χ0v) is 21.7. The number of nitrogens with zero attached hydrogens (tertiary/aromatic N) is 4. The molecule has 0 spiro atoms. The van der Waals surface area contributed by atoms with Crippen LogP contribution in [0.1, 0.15) is 25.7 Å². The molecule has 0 bridgehead atoms. The Morgan fingerprint density at radius 2 is 1.73 bits per heavy atom. The van der Waals surface area contributed by atoms with Crippen LogP contribution in [-0.4, -0.2) is 25.0 Å². The van der Waals surface area contributed by atoms with E-state index in [1.165, 1.54) is 28.3 Å². The molecule has 40 heavy (non-hydrogen) atoms. The number of anilines is 2. The minimum Gasteiger partial charge on any atom is -0.457 e. The lowest BCUT2D eigenvalue weighted by Gasteiger charge is -2.08. The largest absolute Gasteiger partial charge is 0.457 e. The van der Waals surface area contributed by atoms with E-state index in [0.717, 1.165) is 18.8 Å². The zero-order chi connectivity index (χ0) is 27.5. The van der Waals surface area contributed by atoms with Crippen molar-refractivity contribution in [3.05, 3.63) is 108 Å². The number of fused-ring (bicyclic) bond motifs is 1. The Morgan fingerprint density at radius 3 is 2.50 bits per heavy atom. The van der Waals surface area contributed by atoms with Gasteiger partial charge in [-0.3, -0.25) is 9.36 Å². The Hall–Kier alpha value is -5.18. The third-order valence-corrected chi connectivity index (χ3v) is 6.80. The first-order chi connectivity index (χ1) is 19.6. The second kappa shape index (κ2) is 10.9. The van der Waals surface area contributed by atoms with E-state index in [9.17, 15) is 9.59 Å². The minimum absolute atomic E-state index is 0.172. The number of nitrogens with one attached hydrogen (secondary N) is 1. The zero-order valence-electron chi connectivity index (χ0n) is 21.7. The van der Waals surface area contributed by atoms with E-state index in [-0.39, 0.29) is 17.4 Å². The molecular weight excluding hydrogens is 504 g/mol. The predicted octanol–water partition coefficient (Wildman–Crippen LogP) is 5.63. The van der Waals surface area contributed by atoms with E-state index in [0.29, 0.717) is 39.7 Å². The number of nitrogens with two attached hydrogens (primary N) is 1. The summed E-state index contributed by atoms with van der Waals surface area (Å²) in [6.45, 7) is 0. The molecule has 9 heteroatoms. The number of amides is 1. The van der Waals surface area contributed by atoms with Crippen LogP contribution >= 0.6 is 0 Å². The highest BCUT2D eigenvalue weighted by Crippen LogP contribution is 2.33. The molecule has 200 valence electrons. The second-order valence-corrected chi connectivity index (χ2v) is 9.76. The van der Waals surface area contributed by atoms with E-state index in [1.807, 2.05) is 36.4 Å². The number of imidazole rings is 1. The highest BCUT2D eigenvalue weighted by Gasteiger charge is 2.21. The number of carbonyl (C=O) groups is 1. The lowest BCUT2D eigenvalue weighted by atomic mass is 10.2. The van der Waals surface area contributed by atoms with Gasteiger partial charge in [0.2, 0.25) is 5.91 Å². The number of rotatable bonds is 9. The Kier molecular flexibility index (Phi) is 6.84. The molecule has 1 aliphatic rings. The molecule has 0 radical (unpaired) electrons. The van der Waals surface area contributed by atoms with E-state index in [2.05, 4.69) is 15.3 Å². The maximum absolute atomic E-state index is 13.9. The van der Waals surface area contributed by atoms with Gasteiger partial charge in [-0.25, -0.2) is 19.3 Å². The third kappa shape index (κ3) is 5.35. The number of allylic oxidation sites excluding steroid dienone is 1. The van der Waals surface area contributed by atoms with Crippen molar-refractivity contribution in [3.8, 4) is 22.9 Å². The fourth-order valence-electron chi connectivity index (χ4n) is 4.64. The number of hydrogen-bond acceptors (Lipinski definition) is 6. The first-order valence-corrected chi connectivity index (χ1v) is 13.2. The average Bonchev–Trinajstić information content (AvgIpc) is 3.74. The molecule has 1 fully saturated rings. The fraction of sp³-hybridized carbons (Fsp3) is 0.161. The maximum atomic E-state index is 13.9. The van der Waals surface area contributed by atoms with E-state index < -0.39 is 0 Å². The highest BCUT2D eigenvalue weighted by molar-refractivity contribution is 5.99. The van der Waals surface area contributed by atoms with Crippen molar-refractivity contribution in [2.75, 3.05) is 11.1 Å². The molecule has 2 aromatic heterocycles. The van der Waals surface area contributed by atoms with Gasteiger partial charge in [-0.15, -0.1) is 0 Å². The first-order valence-electron chi connectivity index (χ1n) is 13.2. The summed E-state index contributed by atoms with van der Waals surface area (Å²) >= 11 is 0. The molecule has 6 rings (SSSR count). The summed E-state index contributed by atoms with van der Waals surface area (Å²) in [5.41, 5.74) is 8.29. The molecule has 2 heterocycles. The van der Waals surface area contributed by atoms with E-state index in [4.69, 9.17) is 10.5 Å². The van der Waals surface area contributed by atoms with Crippen molar-refractivity contribution >= 4 is 28.6 Å². The van der Waals surface area contributed by atoms with Gasteiger partial charge >= 0.3 is 5.69 Å². The van der Waals surface area contributed by atoms with Crippen LogP contribution in [0.5, 0.6) is 11.5 Å². The lowest BCUT2D eigenvalue weighted by Crippen LogP contribution is -2.22. The maximum Gasteiger partial charge on any atom is 0.339 e. The molecule has 0 saturated heterocycles. The van der Waals surface area contributed by atoms with Crippen LogP contribution in [0.2, 0.25) is 0 Å². The standard InChI is InChI=1S/C31H28N6O3/c32-29-28-30(34-20-33-29)37(24-9-6-8-22(19-24)35-27(38)12-5-4-7-21-13-14-21)31(39)36(28)23-15-17-26(18-16-23)40-25-10-2-1-3-11-25/h1-3,5-6,8-12,15-21H,4,7,13-14H2,(H,35,38)(H2,32,33,34)/b12-5+. The Labute approximate surface area is 230 Å². The van der Waals surface area contributed by atoms with Gasteiger partial charge in [-0.1, -0.05) is 43.2 Å². The Bertz CT molecular complexity index is 1750. The van der Waals surface area contributed by atoms with Crippen LogP contribution in [0.3, 0.4) is 0 Å².